The number of carboxylic acid groups (broad SMARTS) is 1. The standard InChI is InChI=1S/C10H12ClNO2S/c1-3-6(2)15-9-5-7(10(13)14)4-8(11)12-9/h4-6H,3H2,1-2H3,(H,13,14). The Morgan fingerprint density at radius 1 is 1.67 bits per heavy atom. The summed E-state index contributed by atoms with van der Waals surface area (Å²) in [6.07, 6.45) is 1.00. The van der Waals surface area contributed by atoms with Crippen molar-refractivity contribution in [1.82, 2.24) is 4.98 Å². The van der Waals surface area contributed by atoms with Crippen LogP contribution in [0.3, 0.4) is 0 Å². The van der Waals surface area contributed by atoms with E-state index in [1.165, 1.54) is 17.8 Å². The molecule has 0 spiro atoms. The van der Waals surface area contributed by atoms with Crippen LogP contribution >= 0.6 is 23.4 Å². The SMILES string of the molecule is CCC(C)Sc1cc(C(=O)O)cc(Cl)n1. The van der Waals surface area contributed by atoms with Crippen LogP contribution in [0.5, 0.6) is 0 Å². The second-order valence-corrected chi connectivity index (χ2v) is 5.00. The summed E-state index contributed by atoms with van der Waals surface area (Å²) in [6.45, 7) is 4.13. The van der Waals surface area contributed by atoms with Crippen LogP contribution in [0.2, 0.25) is 5.15 Å². The molecule has 1 unspecified atom stereocenters. The molecule has 0 saturated carbocycles. The second kappa shape index (κ2) is 5.37. The Morgan fingerprint density at radius 3 is 2.87 bits per heavy atom. The van der Waals surface area contributed by atoms with Gasteiger partial charge in [-0.05, 0) is 18.6 Å². The smallest absolute Gasteiger partial charge is 0.335 e. The maximum Gasteiger partial charge on any atom is 0.335 e. The summed E-state index contributed by atoms with van der Waals surface area (Å²) in [7, 11) is 0. The van der Waals surface area contributed by atoms with Crippen molar-refractivity contribution in [1.29, 1.82) is 0 Å². The first-order valence-electron chi connectivity index (χ1n) is 4.60. The van der Waals surface area contributed by atoms with Gasteiger partial charge in [0.05, 0.1) is 10.6 Å². The Morgan fingerprint density at radius 2 is 2.33 bits per heavy atom. The summed E-state index contributed by atoms with van der Waals surface area (Å²) in [5.41, 5.74) is 0.181. The van der Waals surface area contributed by atoms with Gasteiger partial charge < -0.3 is 5.11 Å². The zero-order valence-electron chi connectivity index (χ0n) is 8.53. The molecule has 15 heavy (non-hydrogen) atoms. The molecule has 1 aromatic rings. The molecule has 0 fully saturated rings. The highest BCUT2D eigenvalue weighted by atomic mass is 35.5. The van der Waals surface area contributed by atoms with Crippen LogP contribution in [0.15, 0.2) is 17.2 Å². The third-order valence-corrected chi connectivity index (χ3v) is 3.29. The van der Waals surface area contributed by atoms with Crippen LogP contribution in [0.4, 0.5) is 0 Å². The lowest BCUT2D eigenvalue weighted by Gasteiger charge is -2.07. The number of halogens is 1. The first-order valence-corrected chi connectivity index (χ1v) is 5.86. The number of rotatable bonds is 4. The molecular weight excluding hydrogens is 234 g/mol. The Hall–Kier alpha value is -0.740. The number of aromatic carboxylic acids is 1. The number of thioether (sulfide) groups is 1. The molecule has 0 bridgehead atoms. The van der Waals surface area contributed by atoms with E-state index in [-0.39, 0.29) is 10.7 Å². The van der Waals surface area contributed by atoms with Crippen LogP contribution in [0, 0.1) is 0 Å². The van der Waals surface area contributed by atoms with E-state index in [0.29, 0.717) is 10.3 Å². The average molecular weight is 246 g/mol. The van der Waals surface area contributed by atoms with E-state index < -0.39 is 5.97 Å². The van der Waals surface area contributed by atoms with Crippen molar-refractivity contribution in [3.05, 3.63) is 22.8 Å². The van der Waals surface area contributed by atoms with Gasteiger partial charge in [0.25, 0.3) is 0 Å². The third-order valence-electron chi connectivity index (χ3n) is 1.91. The van der Waals surface area contributed by atoms with Crippen LogP contribution < -0.4 is 0 Å². The molecule has 1 N–H and O–H groups in total. The normalized spacial score (nSPS) is 12.5. The molecule has 1 heterocycles. The minimum atomic E-state index is -0.981. The molecule has 0 amide bonds. The lowest BCUT2D eigenvalue weighted by molar-refractivity contribution is 0.0696. The molecular formula is C10H12ClNO2S. The maximum absolute atomic E-state index is 10.8. The van der Waals surface area contributed by atoms with E-state index >= 15 is 0 Å². The van der Waals surface area contributed by atoms with Crippen molar-refractivity contribution in [2.24, 2.45) is 0 Å². The first kappa shape index (κ1) is 12.3. The van der Waals surface area contributed by atoms with E-state index in [1.54, 1.807) is 6.07 Å². The Labute approximate surface area is 97.9 Å². The predicted molar refractivity (Wildman–Crippen MR) is 61.8 cm³/mol. The summed E-state index contributed by atoms with van der Waals surface area (Å²) in [5.74, 6) is -0.981. The number of carboxylic acids is 1. The van der Waals surface area contributed by atoms with Gasteiger partial charge in [0, 0.05) is 5.25 Å². The van der Waals surface area contributed by atoms with Crippen molar-refractivity contribution >= 4 is 29.3 Å². The highest BCUT2D eigenvalue weighted by Crippen LogP contribution is 2.25. The first-order chi connectivity index (χ1) is 7.02. The third kappa shape index (κ3) is 3.72. The molecule has 0 aliphatic rings. The van der Waals surface area contributed by atoms with Crippen LogP contribution in [-0.4, -0.2) is 21.3 Å². The van der Waals surface area contributed by atoms with Gasteiger partial charge in [-0.25, -0.2) is 9.78 Å². The van der Waals surface area contributed by atoms with E-state index in [4.69, 9.17) is 16.7 Å². The minimum absolute atomic E-state index is 0.181. The van der Waals surface area contributed by atoms with Gasteiger partial charge >= 0.3 is 5.97 Å². The molecule has 5 heteroatoms. The topological polar surface area (TPSA) is 50.2 Å². The van der Waals surface area contributed by atoms with Gasteiger partial charge in [0.1, 0.15) is 5.15 Å². The van der Waals surface area contributed by atoms with Crippen LogP contribution in [-0.2, 0) is 0 Å². The number of aromatic nitrogens is 1. The molecule has 1 aromatic heterocycles. The zero-order chi connectivity index (χ0) is 11.4. The fourth-order valence-corrected chi connectivity index (χ4v) is 2.13. The lowest BCUT2D eigenvalue weighted by atomic mass is 10.3. The maximum atomic E-state index is 10.8. The van der Waals surface area contributed by atoms with Gasteiger partial charge in [-0.1, -0.05) is 25.4 Å². The molecule has 0 aliphatic heterocycles. The molecule has 0 saturated heterocycles. The Kier molecular flexibility index (Phi) is 4.42. The predicted octanol–water partition coefficient (Wildman–Crippen LogP) is 3.32. The van der Waals surface area contributed by atoms with Crippen molar-refractivity contribution in [2.45, 2.75) is 30.5 Å². The van der Waals surface area contributed by atoms with Gasteiger partial charge in [0.15, 0.2) is 0 Å². The fraction of sp³-hybridized carbons (Fsp3) is 0.400. The summed E-state index contributed by atoms with van der Waals surface area (Å²) in [6, 6.07) is 2.90. The quantitative estimate of drug-likeness (QED) is 0.653. The fourth-order valence-electron chi connectivity index (χ4n) is 0.946. The highest BCUT2D eigenvalue weighted by Gasteiger charge is 2.09. The number of hydrogen-bond acceptors (Lipinski definition) is 3. The molecule has 1 atom stereocenters. The lowest BCUT2D eigenvalue weighted by Crippen LogP contribution is -1.99. The van der Waals surface area contributed by atoms with Crippen molar-refractivity contribution in [2.75, 3.05) is 0 Å². The second-order valence-electron chi connectivity index (χ2n) is 3.16. The van der Waals surface area contributed by atoms with Crippen LogP contribution in [0.1, 0.15) is 30.6 Å². The largest absolute Gasteiger partial charge is 0.478 e. The van der Waals surface area contributed by atoms with Crippen molar-refractivity contribution in [3.8, 4) is 0 Å². The van der Waals surface area contributed by atoms with Gasteiger partial charge in [-0.2, -0.15) is 0 Å². The highest BCUT2D eigenvalue weighted by molar-refractivity contribution is 7.99. The summed E-state index contributed by atoms with van der Waals surface area (Å²) < 4.78 is 0. The van der Waals surface area contributed by atoms with E-state index in [9.17, 15) is 4.79 Å². The zero-order valence-corrected chi connectivity index (χ0v) is 10.1. The molecule has 0 aromatic carbocycles. The van der Waals surface area contributed by atoms with Crippen LogP contribution in [0.25, 0.3) is 0 Å². The Bertz CT molecular complexity index is 370. The van der Waals surface area contributed by atoms with Gasteiger partial charge in [-0.3, -0.25) is 0 Å². The molecule has 1 rings (SSSR count). The summed E-state index contributed by atoms with van der Waals surface area (Å²) >= 11 is 7.26. The van der Waals surface area contributed by atoms with Crippen molar-refractivity contribution in [3.63, 3.8) is 0 Å². The molecule has 3 nitrogen and oxygen atoms in total. The summed E-state index contributed by atoms with van der Waals surface area (Å²) in [4.78, 5) is 14.8. The number of carbonyl (C=O) groups is 1. The van der Waals surface area contributed by atoms with Gasteiger partial charge in [0.2, 0.25) is 0 Å². The monoisotopic (exact) mass is 245 g/mol. The molecule has 0 radical (unpaired) electrons. The Balaban J connectivity index is 2.93. The van der Waals surface area contributed by atoms with E-state index in [0.717, 1.165) is 6.42 Å². The summed E-state index contributed by atoms with van der Waals surface area (Å²) in [5, 5.41) is 10.1. The minimum Gasteiger partial charge on any atom is -0.478 e. The number of nitrogens with zero attached hydrogens (tertiary/aromatic N) is 1. The molecule has 0 aliphatic carbocycles. The molecule has 82 valence electrons. The van der Waals surface area contributed by atoms with Crippen molar-refractivity contribution < 1.29 is 9.90 Å². The van der Waals surface area contributed by atoms with E-state index in [2.05, 4.69) is 18.8 Å². The average Bonchev–Trinajstić information content (AvgIpc) is 2.16. The number of pyridine rings is 1. The van der Waals surface area contributed by atoms with Gasteiger partial charge in [-0.15, -0.1) is 11.8 Å². The van der Waals surface area contributed by atoms with E-state index in [1.807, 2.05) is 0 Å². The number of hydrogen-bond donors (Lipinski definition) is 1.